The molecule has 0 aliphatic carbocycles. The zero-order chi connectivity index (χ0) is 12.4. The lowest BCUT2D eigenvalue weighted by Crippen LogP contribution is -2.29. The Labute approximate surface area is 96.0 Å². The minimum atomic E-state index is -0.708. The molecule has 0 aromatic heterocycles. The largest absolute Gasteiger partial charge is 0.466 e. The lowest BCUT2D eigenvalue weighted by molar-refractivity contribution is -0.142. The normalized spacial score (nSPS) is 16.9. The van der Waals surface area contributed by atoms with Gasteiger partial charge in [0.25, 0.3) is 0 Å². The molecule has 1 aliphatic heterocycles. The first kappa shape index (κ1) is 15.3. The summed E-state index contributed by atoms with van der Waals surface area (Å²) in [4.78, 5) is 10.5. The molecule has 0 unspecified atom stereocenters. The fourth-order valence-corrected chi connectivity index (χ4v) is 0.956. The SMILES string of the molecule is CC(CO)(CO)CO.O=C1CCCCCO1. The van der Waals surface area contributed by atoms with Crippen molar-refractivity contribution >= 4 is 5.97 Å². The van der Waals surface area contributed by atoms with Crippen molar-refractivity contribution < 1.29 is 24.9 Å². The highest BCUT2D eigenvalue weighted by atomic mass is 16.5. The Kier molecular flexibility index (Phi) is 8.15. The van der Waals surface area contributed by atoms with E-state index in [-0.39, 0.29) is 25.8 Å². The smallest absolute Gasteiger partial charge is 0.305 e. The molecule has 1 aliphatic rings. The Bertz CT molecular complexity index is 171. The lowest BCUT2D eigenvalue weighted by atomic mass is 9.95. The summed E-state index contributed by atoms with van der Waals surface area (Å²) in [6.45, 7) is 1.70. The van der Waals surface area contributed by atoms with Gasteiger partial charge in [-0.25, -0.2) is 0 Å². The van der Waals surface area contributed by atoms with Crippen LogP contribution >= 0.6 is 0 Å². The van der Waals surface area contributed by atoms with Gasteiger partial charge in [-0.05, 0) is 19.3 Å². The molecule has 0 amide bonds. The number of hydrogen-bond donors (Lipinski definition) is 3. The van der Waals surface area contributed by atoms with E-state index in [1.807, 2.05) is 0 Å². The second kappa shape index (κ2) is 8.50. The quantitative estimate of drug-likeness (QED) is 0.602. The molecule has 0 saturated carbocycles. The van der Waals surface area contributed by atoms with Gasteiger partial charge >= 0.3 is 5.97 Å². The van der Waals surface area contributed by atoms with Crippen molar-refractivity contribution in [3.05, 3.63) is 0 Å². The molecule has 1 saturated heterocycles. The minimum Gasteiger partial charge on any atom is -0.466 e. The highest BCUT2D eigenvalue weighted by Gasteiger charge is 2.20. The number of rotatable bonds is 3. The van der Waals surface area contributed by atoms with Crippen LogP contribution in [-0.2, 0) is 9.53 Å². The summed E-state index contributed by atoms with van der Waals surface area (Å²) in [5.41, 5.74) is -0.708. The van der Waals surface area contributed by atoms with Gasteiger partial charge in [-0.15, -0.1) is 0 Å². The summed E-state index contributed by atoms with van der Waals surface area (Å²) in [5.74, 6) is -0.0255. The highest BCUT2D eigenvalue weighted by molar-refractivity contribution is 5.69. The zero-order valence-electron chi connectivity index (χ0n) is 9.81. The molecule has 3 N–H and O–H groups in total. The first-order valence-electron chi connectivity index (χ1n) is 5.56. The van der Waals surface area contributed by atoms with Crippen LogP contribution in [0.4, 0.5) is 0 Å². The molecule has 0 radical (unpaired) electrons. The van der Waals surface area contributed by atoms with Crippen molar-refractivity contribution in [2.75, 3.05) is 26.4 Å². The van der Waals surface area contributed by atoms with E-state index in [2.05, 4.69) is 0 Å². The third-order valence-electron chi connectivity index (χ3n) is 2.43. The third-order valence-corrected chi connectivity index (χ3v) is 2.43. The van der Waals surface area contributed by atoms with E-state index in [4.69, 9.17) is 20.1 Å². The molecule has 0 bridgehead atoms. The van der Waals surface area contributed by atoms with Crippen LogP contribution in [0.5, 0.6) is 0 Å². The number of ether oxygens (including phenoxy) is 1. The number of carbonyl (C=O) groups is 1. The van der Waals surface area contributed by atoms with Gasteiger partial charge in [0.2, 0.25) is 0 Å². The number of cyclic esters (lactones) is 1. The summed E-state index contributed by atoms with van der Waals surface area (Å²) in [7, 11) is 0. The molecule has 1 heterocycles. The van der Waals surface area contributed by atoms with Crippen LogP contribution in [0.1, 0.15) is 32.6 Å². The average molecular weight is 234 g/mol. The number of carbonyl (C=O) groups excluding carboxylic acids is 1. The summed E-state index contributed by atoms with van der Waals surface area (Å²) >= 11 is 0. The Morgan fingerprint density at radius 1 is 1.12 bits per heavy atom. The van der Waals surface area contributed by atoms with Gasteiger partial charge < -0.3 is 20.1 Å². The number of aliphatic hydroxyl groups excluding tert-OH is 3. The topological polar surface area (TPSA) is 87.0 Å². The third kappa shape index (κ3) is 6.76. The number of hydrogen-bond acceptors (Lipinski definition) is 5. The highest BCUT2D eigenvalue weighted by Crippen LogP contribution is 2.11. The molecule has 0 aromatic rings. The Hall–Kier alpha value is -0.650. The Morgan fingerprint density at radius 3 is 2.12 bits per heavy atom. The van der Waals surface area contributed by atoms with E-state index in [1.54, 1.807) is 6.92 Å². The summed E-state index contributed by atoms with van der Waals surface area (Å²) in [6, 6.07) is 0. The standard InChI is InChI=1S/C6H10O2.C5H12O3/c7-6-4-2-1-3-5-8-6;1-5(2-6,3-7)4-8/h1-5H2;6-8H,2-4H2,1H3. The summed E-state index contributed by atoms with van der Waals surface area (Å²) < 4.78 is 4.76. The summed E-state index contributed by atoms with van der Waals surface area (Å²) in [6.07, 6.45) is 3.83. The van der Waals surface area contributed by atoms with E-state index in [0.717, 1.165) is 19.3 Å². The van der Waals surface area contributed by atoms with E-state index in [1.165, 1.54) is 0 Å². The monoisotopic (exact) mass is 234 g/mol. The van der Waals surface area contributed by atoms with Crippen LogP contribution < -0.4 is 0 Å². The van der Waals surface area contributed by atoms with Crippen LogP contribution in [0.25, 0.3) is 0 Å². The predicted octanol–water partition coefficient (Wildman–Crippen LogP) is 0.0732. The van der Waals surface area contributed by atoms with E-state index in [9.17, 15) is 4.79 Å². The fourth-order valence-electron chi connectivity index (χ4n) is 0.956. The maximum atomic E-state index is 10.5. The van der Waals surface area contributed by atoms with Gasteiger partial charge in [0.1, 0.15) is 0 Å². The van der Waals surface area contributed by atoms with Gasteiger partial charge in [0.15, 0.2) is 0 Å². The van der Waals surface area contributed by atoms with Crippen LogP contribution in [0.2, 0.25) is 0 Å². The Morgan fingerprint density at radius 2 is 1.69 bits per heavy atom. The van der Waals surface area contributed by atoms with Gasteiger partial charge in [0.05, 0.1) is 26.4 Å². The molecule has 5 heteroatoms. The Balaban J connectivity index is 0.000000281. The molecule has 1 fully saturated rings. The maximum absolute atomic E-state index is 10.5. The van der Waals surface area contributed by atoms with Gasteiger partial charge in [-0.2, -0.15) is 0 Å². The second-order valence-corrected chi connectivity index (χ2v) is 4.32. The van der Waals surface area contributed by atoms with Crippen molar-refractivity contribution in [1.29, 1.82) is 0 Å². The van der Waals surface area contributed by atoms with Crippen LogP contribution in [-0.4, -0.2) is 47.7 Å². The van der Waals surface area contributed by atoms with Crippen LogP contribution in [0, 0.1) is 5.41 Å². The fraction of sp³-hybridized carbons (Fsp3) is 0.909. The zero-order valence-corrected chi connectivity index (χ0v) is 9.81. The maximum Gasteiger partial charge on any atom is 0.305 e. The predicted molar refractivity (Wildman–Crippen MR) is 58.8 cm³/mol. The molecule has 1 rings (SSSR count). The van der Waals surface area contributed by atoms with Gasteiger partial charge in [-0.1, -0.05) is 6.92 Å². The first-order valence-corrected chi connectivity index (χ1v) is 5.56. The second-order valence-electron chi connectivity index (χ2n) is 4.32. The molecular weight excluding hydrogens is 212 g/mol. The van der Waals surface area contributed by atoms with Crippen LogP contribution in [0.15, 0.2) is 0 Å². The molecular formula is C11H22O5. The molecule has 5 nitrogen and oxygen atoms in total. The van der Waals surface area contributed by atoms with Crippen LogP contribution in [0.3, 0.4) is 0 Å². The van der Waals surface area contributed by atoms with Crippen molar-refractivity contribution in [1.82, 2.24) is 0 Å². The van der Waals surface area contributed by atoms with E-state index in [0.29, 0.717) is 13.0 Å². The first-order chi connectivity index (χ1) is 7.58. The average Bonchev–Trinajstić information content (AvgIpc) is 2.57. The number of esters is 1. The van der Waals surface area contributed by atoms with Crippen molar-refractivity contribution in [2.24, 2.45) is 5.41 Å². The van der Waals surface area contributed by atoms with E-state index >= 15 is 0 Å². The van der Waals surface area contributed by atoms with Crippen molar-refractivity contribution in [3.8, 4) is 0 Å². The van der Waals surface area contributed by atoms with Crippen molar-refractivity contribution in [3.63, 3.8) is 0 Å². The minimum absolute atomic E-state index is 0.0255. The van der Waals surface area contributed by atoms with Gasteiger partial charge in [-0.3, -0.25) is 4.79 Å². The van der Waals surface area contributed by atoms with Crippen molar-refractivity contribution in [2.45, 2.75) is 32.6 Å². The lowest BCUT2D eigenvalue weighted by Gasteiger charge is -2.20. The molecule has 16 heavy (non-hydrogen) atoms. The molecule has 0 atom stereocenters. The number of aliphatic hydroxyl groups is 3. The van der Waals surface area contributed by atoms with E-state index < -0.39 is 5.41 Å². The molecule has 0 spiro atoms. The molecule has 0 aromatic carbocycles. The van der Waals surface area contributed by atoms with Gasteiger partial charge in [0, 0.05) is 11.8 Å². The molecule has 96 valence electrons. The summed E-state index contributed by atoms with van der Waals surface area (Å²) in [5, 5.41) is 25.4.